The van der Waals surface area contributed by atoms with Crippen molar-refractivity contribution in [2.24, 2.45) is 5.41 Å². The number of Topliss-reactive ketones (excluding diaryl/α,β-unsaturated/α-hetero) is 1. The smallest absolute Gasteiger partial charge is 0.291 e. The van der Waals surface area contributed by atoms with E-state index in [1.165, 1.54) is 6.26 Å². The third kappa shape index (κ3) is 4.04. The first-order valence-corrected chi connectivity index (χ1v) is 11.2. The largest absolute Gasteiger partial charge is 0.455 e. The third-order valence-corrected chi connectivity index (χ3v) is 5.93. The molecule has 0 spiro atoms. The summed E-state index contributed by atoms with van der Waals surface area (Å²) in [5.41, 5.74) is 2.72. The maximum atomic E-state index is 12.8. The highest BCUT2D eigenvalue weighted by Crippen LogP contribution is 2.38. The SMILES string of the molecule is Cc1c(CS(C)(=O)=O)cccc1NC(=O)c1oc2c(c1C)C(=O)CC(C)(C)C2. The molecular formula is C21H25NO5S. The summed E-state index contributed by atoms with van der Waals surface area (Å²) in [6.07, 6.45) is 2.20. The van der Waals surface area contributed by atoms with Crippen LogP contribution in [-0.4, -0.2) is 26.4 Å². The Bertz CT molecular complexity index is 1080. The highest BCUT2D eigenvalue weighted by molar-refractivity contribution is 7.89. The monoisotopic (exact) mass is 403 g/mol. The summed E-state index contributed by atoms with van der Waals surface area (Å²) >= 11 is 0. The summed E-state index contributed by atoms with van der Waals surface area (Å²) in [6, 6.07) is 5.14. The van der Waals surface area contributed by atoms with Crippen LogP contribution < -0.4 is 5.32 Å². The molecule has 0 atom stereocenters. The Balaban J connectivity index is 1.91. The van der Waals surface area contributed by atoms with E-state index < -0.39 is 15.7 Å². The van der Waals surface area contributed by atoms with Crippen LogP contribution in [0.5, 0.6) is 0 Å². The number of furan rings is 1. The normalized spacial score (nSPS) is 16.0. The Morgan fingerprint density at radius 3 is 2.50 bits per heavy atom. The molecule has 1 aromatic heterocycles. The van der Waals surface area contributed by atoms with Gasteiger partial charge in [0.05, 0.1) is 11.3 Å². The third-order valence-electron chi connectivity index (χ3n) is 5.09. The van der Waals surface area contributed by atoms with Gasteiger partial charge in [-0.05, 0) is 36.5 Å². The number of nitrogens with one attached hydrogen (secondary N) is 1. The number of anilines is 1. The molecule has 7 heteroatoms. The van der Waals surface area contributed by atoms with Crippen LogP contribution in [0.1, 0.15) is 63.6 Å². The number of rotatable bonds is 4. The first-order chi connectivity index (χ1) is 12.9. The molecule has 1 aromatic carbocycles. The van der Waals surface area contributed by atoms with Crippen molar-refractivity contribution < 1.29 is 22.4 Å². The quantitative estimate of drug-likeness (QED) is 0.837. The average Bonchev–Trinajstić information content (AvgIpc) is 2.85. The number of amides is 1. The predicted molar refractivity (Wildman–Crippen MR) is 108 cm³/mol. The van der Waals surface area contributed by atoms with Crippen molar-refractivity contribution >= 4 is 27.2 Å². The van der Waals surface area contributed by atoms with Gasteiger partial charge in [-0.25, -0.2) is 8.42 Å². The number of hydrogen-bond donors (Lipinski definition) is 1. The van der Waals surface area contributed by atoms with E-state index in [0.717, 1.165) is 0 Å². The van der Waals surface area contributed by atoms with Crippen molar-refractivity contribution in [3.8, 4) is 0 Å². The van der Waals surface area contributed by atoms with E-state index in [9.17, 15) is 18.0 Å². The summed E-state index contributed by atoms with van der Waals surface area (Å²) < 4.78 is 29.0. The van der Waals surface area contributed by atoms with Crippen molar-refractivity contribution in [1.82, 2.24) is 0 Å². The van der Waals surface area contributed by atoms with Gasteiger partial charge in [0, 0.05) is 30.3 Å². The zero-order chi connectivity index (χ0) is 20.9. The Morgan fingerprint density at radius 2 is 1.86 bits per heavy atom. The zero-order valence-electron chi connectivity index (χ0n) is 16.8. The van der Waals surface area contributed by atoms with Gasteiger partial charge in [0.15, 0.2) is 21.4 Å². The lowest BCUT2D eigenvalue weighted by Crippen LogP contribution is -2.26. The maximum absolute atomic E-state index is 12.8. The Kier molecular flexibility index (Phi) is 5.00. The van der Waals surface area contributed by atoms with Crippen molar-refractivity contribution in [2.45, 2.75) is 46.3 Å². The van der Waals surface area contributed by atoms with Crippen LogP contribution in [0, 0.1) is 19.3 Å². The first kappa shape index (κ1) is 20.3. The minimum absolute atomic E-state index is 0.00196. The van der Waals surface area contributed by atoms with Crippen molar-refractivity contribution in [2.75, 3.05) is 11.6 Å². The Labute approximate surface area is 165 Å². The number of ketones is 1. The molecule has 0 fully saturated rings. The van der Waals surface area contributed by atoms with Crippen molar-refractivity contribution in [1.29, 1.82) is 0 Å². The van der Waals surface area contributed by atoms with E-state index in [4.69, 9.17) is 4.42 Å². The number of fused-ring (bicyclic) bond motifs is 1. The second kappa shape index (κ2) is 6.88. The number of hydrogen-bond acceptors (Lipinski definition) is 5. The van der Waals surface area contributed by atoms with Gasteiger partial charge in [-0.15, -0.1) is 0 Å². The molecule has 150 valence electrons. The summed E-state index contributed by atoms with van der Waals surface area (Å²) in [7, 11) is -3.19. The van der Waals surface area contributed by atoms with Crippen LogP contribution in [0.4, 0.5) is 5.69 Å². The minimum Gasteiger partial charge on any atom is -0.455 e. The zero-order valence-corrected chi connectivity index (χ0v) is 17.6. The number of sulfone groups is 1. The second-order valence-electron chi connectivity index (χ2n) is 8.41. The van der Waals surface area contributed by atoms with Gasteiger partial charge in [-0.3, -0.25) is 9.59 Å². The summed E-state index contributed by atoms with van der Waals surface area (Å²) in [6.45, 7) is 7.49. The molecule has 0 unspecified atom stereocenters. The molecule has 0 bridgehead atoms. The molecule has 2 aromatic rings. The minimum atomic E-state index is -3.19. The number of carbonyl (C=O) groups is 2. The van der Waals surface area contributed by atoms with Gasteiger partial charge in [0.25, 0.3) is 5.91 Å². The molecule has 0 saturated heterocycles. The highest BCUT2D eigenvalue weighted by atomic mass is 32.2. The maximum Gasteiger partial charge on any atom is 0.291 e. The molecule has 0 aliphatic heterocycles. The van der Waals surface area contributed by atoms with Gasteiger partial charge in [0.1, 0.15) is 5.76 Å². The Hall–Kier alpha value is -2.41. The molecular weight excluding hydrogens is 378 g/mol. The summed E-state index contributed by atoms with van der Waals surface area (Å²) in [5.74, 6) is 0.144. The van der Waals surface area contributed by atoms with Crippen LogP contribution in [0.25, 0.3) is 0 Å². The van der Waals surface area contributed by atoms with Crippen molar-refractivity contribution in [3.05, 3.63) is 52.0 Å². The van der Waals surface area contributed by atoms with Gasteiger partial charge < -0.3 is 9.73 Å². The molecule has 0 saturated carbocycles. The topological polar surface area (TPSA) is 93.4 Å². The van der Waals surface area contributed by atoms with Crippen LogP contribution in [0.2, 0.25) is 0 Å². The van der Waals surface area contributed by atoms with Gasteiger partial charge >= 0.3 is 0 Å². The fourth-order valence-electron chi connectivity index (χ4n) is 3.74. The molecule has 1 aliphatic rings. The highest BCUT2D eigenvalue weighted by Gasteiger charge is 2.37. The molecule has 28 heavy (non-hydrogen) atoms. The van der Waals surface area contributed by atoms with Crippen LogP contribution >= 0.6 is 0 Å². The molecule has 6 nitrogen and oxygen atoms in total. The average molecular weight is 404 g/mol. The lowest BCUT2D eigenvalue weighted by Gasteiger charge is -2.27. The fraction of sp³-hybridized carbons (Fsp3) is 0.429. The van der Waals surface area contributed by atoms with Crippen LogP contribution in [-0.2, 0) is 22.0 Å². The molecule has 0 radical (unpaired) electrons. The second-order valence-corrected chi connectivity index (χ2v) is 10.5. The first-order valence-electron chi connectivity index (χ1n) is 9.11. The van der Waals surface area contributed by atoms with Gasteiger partial charge in [0.2, 0.25) is 0 Å². The summed E-state index contributed by atoms with van der Waals surface area (Å²) in [4.78, 5) is 25.3. The standard InChI is InChI=1S/C21H25NO5S/c1-12-14(11-28(5,25)26)7-6-8-15(12)22-20(24)19-13(2)18-16(23)9-21(3,4)10-17(18)27-19/h6-8H,9-11H2,1-5H3,(H,22,24). The van der Waals surface area contributed by atoms with E-state index in [0.29, 0.717) is 46.5 Å². The van der Waals surface area contributed by atoms with Gasteiger partial charge in [-0.1, -0.05) is 26.0 Å². The lowest BCUT2D eigenvalue weighted by molar-refractivity contribution is 0.0898. The molecule has 1 N–H and O–H groups in total. The van der Waals surface area contributed by atoms with E-state index >= 15 is 0 Å². The van der Waals surface area contributed by atoms with Crippen molar-refractivity contribution in [3.63, 3.8) is 0 Å². The van der Waals surface area contributed by atoms with Gasteiger partial charge in [-0.2, -0.15) is 0 Å². The van der Waals surface area contributed by atoms with E-state index in [1.807, 2.05) is 13.8 Å². The van der Waals surface area contributed by atoms with Crippen LogP contribution in [0.3, 0.4) is 0 Å². The summed E-state index contributed by atoms with van der Waals surface area (Å²) in [5, 5.41) is 2.80. The van der Waals surface area contributed by atoms with E-state index in [1.54, 1.807) is 32.0 Å². The fourth-order valence-corrected chi connectivity index (χ4v) is 4.61. The Morgan fingerprint density at radius 1 is 1.18 bits per heavy atom. The number of carbonyl (C=O) groups excluding carboxylic acids is 2. The molecule has 1 amide bonds. The molecule has 1 heterocycles. The molecule has 1 aliphatic carbocycles. The lowest BCUT2D eigenvalue weighted by atomic mass is 9.76. The van der Waals surface area contributed by atoms with E-state index in [-0.39, 0.29) is 22.7 Å². The van der Waals surface area contributed by atoms with Crippen LogP contribution in [0.15, 0.2) is 22.6 Å². The number of benzene rings is 1. The van der Waals surface area contributed by atoms with E-state index in [2.05, 4.69) is 5.32 Å². The molecule has 3 rings (SSSR count). The predicted octanol–water partition coefficient (Wildman–Crippen LogP) is 3.85.